The molecule has 182 valence electrons. The lowest BCUT2D eigenvalue weighted by Gasteiger charge is -2.35. The van der Waals surface area contributed by atoms with Gasteiger partial charge in [0.25, 0.3) is 5.91 Å². The molecule has 0 aliphatic carbocycles. The molecule has 4 rings (SSSR count). The maximum Gasteiger partial charge on any atom is 0.252 e. The van der Waals surface area contributed by atoms with Crippen LogP contribution in [0.4, 0.5) is 0 Å². The molecule has 36 heavy (non-hydrogen) atoms. The second kappa shape index (κ2) is 11.3. The van der Waals surface area contributed by atoms with E-state index in [1.807, 2.05) is 73.7 Å². The number of nitrogens with zero attached hydrogens (tertiary/aromatic N) is 1. The number of carbonyl (C=O) groups excluding carboxylic acids is 2. The van der Waals surface area contributed by atoms with Crippen LogP contribution in [-0.4, -0.2) is 27.4 Å². The maximum absolute atomic E-state index is 14.1. The Balaban J connectivity index is 1.75. The Morgan fingerprint density at radius 2 is 1.44 bits per heavy atom. The molecule has 1 heterocycles. The molecule has 0 saturated heterocycles. The van der Waals surface area contributed by atoms with E-state index < -0.39 is 5.54 Å². The van der Waals surface area contributed by atoms with E-state index in [1.54, 1.807) is 30.3 Å². The van der Waals surface area contributed by atoms with Crippen LogP contribution in [0, 0.1) is 0 Å². The van der Waals surface area contributed by atoms with Gasteiger partial charge >= 0.3 is 0 Å². The first-order valence-electron chi connectivity index (χ1n) is 11.9. The third kappa shape index (κ3) is 6.16. The van der Waals surface area contributed by atoms with Gasteiger partial charge in [0, 0.05) is 24.1 Å². The molecule has 1 unspecified atom stereocenters. The molecule has 2 amide bonds. The summed E-state index contributed by atoms with van der Waals surface area (Å²) in [7, 11) is 0. The van der Waals surface area contributed by atoms with Crippen molar-refractivity contribution in [2.24, 2.45) is 0 Å². The number of nitrogens with one attached hydrogen (secondary N) is 2. The number of aromatic hydroxyl groups is 1. The molecule has 0 saturated carbocycles. The van der Waals surface area contributed by atoms with Gasteiger partial charge < -0.3 is 15.7 Å². The predicted octanol–water partition coefficient (Wildman–Crippen LogP) is 4.62. The lowest BCUT2D eigenvalue weighted by molar-refractivity contribution is -0.128. The third-order valence-electron chi connectivity index (χ3n) is 6.11. The molecule has 4 aromatic rings. The van der Waals surface area contributed by atoms with Crippen LogP contribution in [0.3, 0.4) is 0 Å². The summed E-state index contributed by atoms with van der Waals surface area (Å²) in [6.07, 6.45) is 1.72. The topological polar surface area (TPSA) is 91.3 Å². The fourth-order valence-electron chi connectivity index (χ4n) is 4.18. The second-order valence-electron chi connectivity index (χ2n) is 8.85. The van der Waals surface area contributed by atoms with Gasteiger partial charge in [0.1, 0.15) is 11.3 Å². The fraction of sp³-hybridized carbons (Fsp3) is 0.167. The van der Waals surface area contributed by atoms with Crippen molar-refractivity contribution in [3.05, 3.63) is 132 Å². The Hall–Kier alpha value is -4.45. The summed E-state index contributed by atoms with van der Waals surface area (Å²) in [5.74, 6) is -0.641. The van der Waals surface area contributed by atoms with Gasteiger partial charge in [0.2, 0.25) is 5.91 Å². The number of benzene rings is 3. The van der Waals surface area contributed by atoms with Crippen LogP contribution >= 0.6 is 0 Å². The number of carbonyl (C=O) groups is 2. The van der Waals surface area contributed by atoms with E-state index in [9.17, 15) is 14.7 Å². The van der Waals surface area contributed by atoms with Gasteiger partial charge in [-0.15, -0.1) is 0 Å². The van der Waals surface area contributed by atoms with Crippen molar-refractivity contribution in [2.45, 2.75) is 31.3 Å². The number of hydrogen-bond donors (Lipinski definition) is 3. The molecule has 1 aromatic heterocycles. The van der Waals surface area contributed by atoms with Gasteiger partial charge in [0.05, 0.1) is 12.2 Å². The molecule has 0 aliphatic heterocycles. The van der Waals surface area contributed by atoms with Gasteiger partial charge in [0.15, 0.2) is 0 Å². The quantitative estimate of drug-likeness (QED) is 0.327. The molecule has 6 heteroatoms. The normalized spacial score (nSPS) is 13.2. The van der Waals surface area contributed by atoms with Crippen molar-refractivity contribution < 1.29 is 14.7 Å². The molecule has 0 radical (unpaired) electrons. The summed E-state index contributed by atoms with van der Waals surface area (Å²) in [5, 5.41) is 15.9. The van der Waals surface area contributed by atoms with E-state index in [0.717, 1.165) is 11.1 Å². The zero-order chi connectivity index (χ0) is 25.4. The zero-order valence-electron chi connectivity index (χ0n) is 20.1. The minimum atomic E-state index is -1.35. The first kappa shape index (κ1) is 24.7. The Labute approximate surface area is 211 Å². The summed E-state index contributed by atoms with van der Waals surface area (Å²) >= 11 is 0. The largest absolute Gasteiger partial charge is 0.506 e. The van der Waals surface area contributed by atoms with E-state index in [2.05, 4.69) is 15.6 Å². The van der Waals surface area contributed by atoms with Crippen molar-refractivity contribution in [1.82, 2.24) is 15.6 Å². The van der Waals surface area contributed by atoms with Gasteiger partial charge in [-0.2, -0.15) is 0 Å². The minimum absolute atomic E-state index is 0.0304. The zero-order valence-corrected chi connectivity index (χ0v) is 20.1. The average Bonchev–Trinajstić information content (AvgIpc) is 2.91. The van der Waals surface area contributed by atoms with Gasteiger partial charge in [-0.25, -0.2) is 0 Å². The van der Waals surface area contributed by atoms with Crippen LogP contribution in [0.25, 0.3) is 0 Å². The van der Waals surface area contributed by atoms with Crippen LogP contribution in [0.1, 0.15) is 40.1 Å². The summed E-state index contributed by atoms with van der Waals surface area (Å²) in [6.45, 7) is 1.92. The lowest BCUT2D eigenvalue weighted by Crippen LogP contribution is -2.62. The first-order chi connectivity index (χ1) is 17.4. The first-order valence-corrected chi connectivity index (χ1v) is 11.9. The molecule has 3 N–H and O–H groups in total. The van der Waals surface area contributed by atoms with Crippen LogP contribution < -0.4 is 10.6 Å². The molecule has 0 aliphatic rings. The van der Waals surface area contributed by atoms with E-state index in [0.29, 0.717) is 11.3 Å². The molecular formula is C30H29N3O3. The summed E-state index contributed by atoms with van der Waals surface area (Å²) < 4.78 is 0. The van der Waals surface area contributed by atoms with Crippen molar-refractivity contribution in [1.29, 1.82) is 0 Å². The average molecular weight is 480 g/mol. The second-order valence-corrected chi connectivity index (χ2v) is 8.85. The molecule has 3 aromatic carbocycles. The van der Waals surface area contributed by atoms with Crippen LogP contribution in [0.15, 0.2) is 109 Å². The summed E-state index contributed by atoms with van der Waals surface area (Å²) in [5.41, 5.74) is 1.53. The Kier molecular flexibility index (Phi) is 7.75. The van der Waals surface area contributed by atoms with E-state index >= 15 is 0 Å². The highest BCUT2D eigenvalue weighted by Crippen LogP contribution is 2.23. The van der Waals surface area contributed by atoms with Crippen LogP contribution in [0.2, 0.25) is 0 Å². The van der Waals surface area contributed by atoms with Crippen molar-refractivity contribution in [3.63, 3.8) is 0 Å². The Morgan fingerprint density at radius 3 is 2.06 bits per heavy atom. The summed E-state index contributed by atoms with van der Waals surface area (Å²) in [6, 6.07) is 31.0. The maximum atomic E-state index is 14.1. The number of amides is 2. The van der Waals surface area contributed by atoms with E-state index in [4.69, 9.17) is 0 Å². The molecular weight excluding hydrogens is 450 g/mol. The van der Waals surface area contributed by atoms with Crippen molar-refractivity contribution >= 4 is 11.8 Å². The van der Waals surface area contributed by atoms with Crippen molar-refractivity contribution in [3.8, 4) is 5.75 Å². The van der Waals surface area contributed by atoms with Crippen LogP contribution in [0.5, 0.6) is 5.75 Å². The molecule has 6 nitrogen and oxygen atoms in total. The third-order valence-corrected chi connectivity index (χ3v) is 6.11. The standard InChI is InChI=1S/C30H29N3O3/c1-22(24-13-7-3-8-14-24)32-29(36)30(19-23-11-5-2-6-12-23,20-26-17-18-27(34)21-31-26)33-28(35)25-15-9-4-10-16-25/h2-18,21-22,34H,19-20H2,1H3,(H,32,36)(H,33,35)/t22-,30?/m0/s1. The smallest absolute Gasteiger partial charge is 0.252 e. The predicted molar refractivity (Wildman–Crippen MR) is 139 cm³/mol. The highest BCUT2D eigenvalue weighted by molar-refractivity contribution is 5.99. The van der Waals surface area contributed by atoms with Gasteiger partial charge in [-0.1, -0.05) is 78.9 Å². The monoisotopic (exact) mass is 479 g/mol. The molecule has 0 fully saturated rings. The fourth-order valence-corrected chi connectivity index (χ4v) is 4.18. The lowest BCUT2D eigenvalue weighted by atomic mass is 9.84. The van der Waals surface area contributed by atoms with Gasteiger partial charge in [-0.3, -0.25) is 14.6 Å². The molecule has 2 atom stereocenters. The SMILES string of the molecule is C[C@H](NC(=O)C(Cc1ccccc1)(Cc1ccc(O)cn1)NC(=O)c1ccccc1)c1ccccc1. The number of pyridine rings is 1. The number of aromatic nitrogens is 1. The number of rotatable bonds is 9. The highest BCUT2D eigenvalue weighted by atomic mass is 16.3. The van der Waals surface area contributed by atoms with Gasteiger partial charge in [-0.05, 0) is 42.3 Å². The Bertz CT molecular complexity index is 1280. The Morgan fingerprint density at radius 1 is 0.833 bits per heavy atom. The van der Waals surface area contributed by atoms with E-state index in [1.165, 1.54) is 12.3 Å². The van der Waals surface area contributed by atoms with E-state index in [-0.39, 0.29) is 36.4 Å². The minimum Gasteiger partial charge on any atom is -0.506 e. The van der Waals surface area contributed by atoms with Crippen molar-refractivity contribution in [2.75, 3.05) is 0 Å². The highest BCUT2D eigenvalue weighted by Gasteiger charge is 2.41. The summed E-state index contributed by atoms with van der Waals surface area (Å²) in [4.78, 5) is 31.8. The molecule has 0 spiro atoms. The molecule has 0 bridgehead atoms. The number of hydrogen-bond acceptors (Lipinski definition) is 4. The van der Waals surface area contributed by atoms with Crippen LogP contribution in [-0.2, 0) is 17.6 Å².